The number of rotatable bonds is 11. The summed E-state index contributed by atoms with van der Waals surface area (Å²) in [6.07, 6.45) is 0.219. The van der Waals surface area contributed by atoms with E-state index in [0.717, 1.165) is 0 Å². The number of methoxy groups -OCH3 is 1. The van der Waals surface area contributed by atoms with Crippen LogP contribution in [0, 0.1) is 0 Å². The molecule has 7 heteroatoms. The molecule has 0 aliphatic carbocycles. The molecule has 0 saturated heterocycles. The average Bonchev–Trinajstić information content (AvgIpc) is 2.75. The molecule has 2 rings (SSSR count). The van der Waals surface area contributed by atoms with Gasteiger partial charge < -0.3 is 20.1 Å². The van der Waals surface area contributed by atoms with Gasteiger partial charge in [-0.15, -0.1) is 0 Å². The molecular weight excluding hydrogens is 372 g/mol. The SMILES string of the molecule is CCOc1ccc(C(=O)CCC(=O)NCCNC(=O)c2ccc(OC)cc2)cc1. The van der Waals surface area contributed by atoms with E-state index in [1.807, 2.05) is 6.92 Å². The Bertz CT molecular complexity index is 816. The van der Waals surface area contributed by atoms with Gasteiger partial charge in [0.1, 0.15) is 11.5 Å². The number of carbonyl (C=O) groups is 3. The highest BCUT2D eigenvalue weighted by Crippen LogP contribution is 2.14. The fourth-order valence-corrected chi connectivity index (χ4v) is 2.59. The zero-order valence-electron chi connectivity index (χ0n) is 16.7. The molecule has 0 atom stereocenters. The van der Waals surface area contributed by atoms with Crippen LogP contribution in [0.4, 0.5) is 0 Å². The molecule has 2 N–H and O–H groups in total. The Kier molecular flexibility index (Phi) is 8.69. The molecule has 154 valence electrons. The van der Waals surface area contributed by atoms with Crippen LogP contribution in [-0.2, 0) is 4.79 Å². The largest absolute Gasteiger partial charge is 0.497 e. The molecule has 0 aliphatic heterocycles. The Morgan fingerprint density at radius 2 is 1.38 bits per heavy atom. The summed E-state index contributed by atoms with van der Waals surface area (Å²) in [5, 5.41) is 5.42. The predicted octanol–water partition coefficient (Wildman–Crippen LogP) is 2.60. The summed E-state index contributed by atoms with van der Waals surface area (Å²) in [6, 6.07) is 13.6. The summed E-state index contributed by atoms with van der Waals surface area (Å²) in [4.78, 5) is 36.1. The van der Waals surface area contributed by atoms with Crippen LogP contribution in [-0.4, -0.2) is 44.4 Å². The van der Waals surface area contributed by atoms with E-state index in [-0.39, 0.29) is 37.0 Å². The van der Waals surface area contributed by atoms with E-state index in [4.69, 9.17) is 9.47 Å². The van der Waals surface area contributed by atoms with Crippen LogP contribution in [0.25, 0.3) is 0 Å². The first kappa shape index (κ1) is 21.9. The molecule has 0 aromatic heterocycles. The van der Waals surface area contributed by atoms with Crippen molar-refractivity contribution in [2.24, 2.45) is 0 Å². The highest BCUT2D eigenvalue weighted by atomic mass is 16.5. The fraction of sp³-hybridized carbons (Fsp3) is 0.318. The second-order valence-corrected chi connectivity index (χ2v) is 6.21. The van der Waals surface area contributed by atoms with Crippen molar-refractivity contribution in [2.75, 3.05) is 26.8 Å². The zero-order valence-corrected chi connectivity index (χ0v) is 16.7. The van der Waals surface area contributed by atoms with E-state index in [1.54, 1.807) is 55.6 Å². The topological polar surface area (TPSA) is 93.7 Å². The molecule has 0 bridgehead atoms. The maximum atomic E-state index is 12.2. The third-order valence-corrected chi connectivity index (χ3v) is 4.15. The Labute approximate surface area is 170 Å². The fourth-order valence-electron chi connectivity index (χ4n) is 2.59. The zero-order chi connectivity index (χ0) is 21.1. The molecule has 0 spiro atoms. The van der Waals surface area contributed by atoms with Crippen LogP contribution in [0.15, 0.2) is 48.5 Å². The minimum Gasteiger partial charge on any atom is -0.497 e. The van der Waals surface area contributed by atoms with Crippen molar-refractivity contribution in [3.05, 3.63) is 59.7 Å². The van der Waals surface area contributed by atoms with Gasteiger partial charge in [0.2, 0.25) is 5.91 Å². The van der Waals surface area contributed by atoms with E-state index in [0.29, 0.717) is 35.8 Å². The molecule has 0 saturated carbocycles. The lowest BCUT2D eigenvalue weighted by atomic mass is 10.1. The number of hydrogen-bond acceptors (Lipinski definition) is 5. The summed E-state index contributed by atoms with van der Waals surface area (Å²) >= 11 is 0. The normalized spacial score (nSPS) is 10.1. The quantitative estimate of drug-likeness (QED) is 0.448. The first-order valence-electron chi connectivity index (χ1n) is 9.48. The molecule has 0 heterocycles. The number of hydrogen-bond donors (Lipinski definition) is 2. The molecule has 0 fully saturated rings. The van der Waals surface area contributed by atoms with Gasteiger partial charge in [-0.1, -0.05) is 0 Å². The third kappa shape index (κ3) is 7.29. The molecule has 7 nitrogen and oxygen atoms in total. The minimum atomic E-state index is -0.233. The smallest absolute Gasteiger partial charge is 0.251 e. The molecule has 29 heavy (non-hydrogen) atoms. The second-order valence-electron chi connectivity index (χ2n) is 6.21. The van der Waals surface area contributed by atoms with Gasteiger partial charge in [0, 0.05) is 37.1 Å². The standard InChI is InChI=1S/C22H26N2O5/c1-3-29-19-10-4-16(5-11-19)20(25)12-13-21(26)23-14-15-24-22(27)17-6-8-18(28-2)9-7-17/h4-11H,3,12-15H2,1-2H3,(H,23,26)(H,24,27). The van der Waals surface area contributed by atoms with E-state index >= 15 is 0 Å². The van der Waals surface area contributed by atoms with Crippen LogP contribution >= 0.6 is 0 Å². The average molecular weight is 398 g/mol. The highest BCUT2D eigenvalue weighted by molar-refractivity contribution is 5.98. The van der Waals surface area contributed by atoms with Crippen molar-refractivity contribution >= 4 is 17.6 Å². The lowest BCUT2D eigenvalue weighted by Gasteiger charge is -2.08. The van der Waals surface area contributed by atoms with Crippen molar-refractivity contribution in [3.8, 4) is 11.5 Å². The van der Waals surface area contributed by atoms with Crippen LogP contribution in [0.1, 0.15) is 40.5 Å². The van der Waals surface area contributed by atoms with E-state index in [9.17, 15) is 14.4 Å². The molecule has 0 unspecified atom stereocenters. The van der Waals surface area contributed by atoms with Crippen molar-refractivity contribution in [1.29, 1.82) is 0 Å². The van der Waals surface area contributed by atoms with Gasteiger partial charge >= 0.3 is 0 Å². The Morgan fingerprint density at radius 1 is 0.793 bits per heavy atom. The summed E-state index contributed by atoms with van der Waals surface area (Å²) in [5.74, 6) is 0.818. The van der Waals surface area contributed by atoms with Gasteiger partial charge in [-0.25, -0.2) is 0 Å². The molecular formula is C22H26N2O5. The number of amides is 2. The van der Waals surface area contributed by atoms with Gasteiger partial charge in [-0.2, -0.15) is 0 Å². The number of carbonyl (C=O) groups excluding carboxylic acids is 3. The van der Waals surface area contributed by atoms with Gasteiger partial charge in [-0.05, 0) is 55.5 Å². The molecule has 0 radical (unpaired) electrons. The first-order valence-corrected chi connectivity index (χ1v) is 9.48. The molecule has 2 aromatic carbocycles. The Morgan fingerprint density at radius 3 is 2.00 bits per heavy atom. The summed E-state index contributed by atoms with van der Waals surface area (Å²) < 4.78 is 10.4. The van der Waals surface area contributed by atoms with Crippen molar-refractivity contribution in [2.45, 2.75) is 19.8 Å². The lowest BCUT2D eigenvalue weighted by molar-refractivity contribution is -0.121. The predicted molar refractivity (Wildman–Crippen MR) is 110 cm³/mol. The molecule has 2 aromatic rings. The van der Waals surface area contributed by atoms with E-state index < -0.39 is 0 Å². The van der Waals surface area contributed by atoms with Gasteiger partial charge in [0.05, 0.1) is 13.7 Å². The van der Waals surface area contributed by atoms with Crippen molar-refractivity contribution in [3.63, 3.8) is 0 Å². The maximum absolute atomic E-state index is 12.2. The Balaban J connectivity index is 1.65. The Hall–Kier alpha value is -3.35. The lowest BCUT2D eigenvalue weighted by Crippen LogP contribution is -2.34. The van der Waals surface area contributed by atoms with Crippen molar-refractivity contribution < 1.29 is 23.9 Å². The number of nitrogens with one attached hydrogen (secondary N) is 2. The summed E-state index contributed by atoms with van der Waals surface area (Å²) in [7, 11) is 1.56. The minimum absolute atomic E-state index is 0.0957. The van der Waals surface area contributed by atoms with Crippen LogP contribution in [0.3, 0.4) is 0 Å². The van der Waals surface area contributed by atoms with Crippen molar-refractivity contribution in [1.82, 2.24) is 10.6 Å². The molecule has 2 amide bonds. The van der Waals surface area contributed by atoms with E-state index in [2.05, 4.69) is 10.6 Å². The maximum Gasteiger partial charge on any atom is 0.251 e. The number of Topliss-reactive ketones (excluding diaryl/α,β-unsaturated/α-hetero) is 1. The summed E-state index contributed by atoms with van der Waals surface area (Å²) in [6.45, 7) is 3.04. The number of ketones is 1. The van der Waals surface area contributed by atoms with Gasteiger partial charge in [-0.3, -0.25) is 14.4 Å². The second kappa shape index (κ2) is 11.5. The first-order chi connectivity index (χ1) is 14.0. The van der Waals surface area contributed by atoms with Crippen LogP contribution in [0.5, 0.6) is 11.5 Å². The highest BCUT2D eigenvalue weighted by Gasteiger charge is 2.10. The molecule has 0 aliphatic rings. The third-order valence-electron chi connectivity index (χ3n) is 4.15. The van der Waals surface area contributed by atoms with Crippen LogP contribution in [0.2, 0.25) is 0 Å². The number of benzene rings is 2. The summed E-state index contributed by atoms with van der Waals surface area (Å²) in [5.41, 5.74) is 1.06. The number of ether oxygens (including phenoxy) is 2. The van der Waals surface area contributed by atoms with Crippen LogP contribution < -0.4 is 20.1 Å². The van der Waals surface area contributed by atoms with Gasteiger partial charge in [0.25, 0.3) is 5.91 Å². The monoisotopic (exact) mass is 398 g/mol. The van der Waals surface area contributed by atoms with Gasteiger partial charge in [0.15, 0.2) is 5.78 Å². The van der Waals surface area contributed by atoms with E-state index in [1.165, 1.54) is 0 Å².